The molecule has 0 aliphatic carbocycles. The predicted octanol–water partition coefficient (Wildman–Crippen LogP) is 15.4. The Morgan fingerprint density at radius 3 is 1.92 bits per heavy atom. The maximum atomic E-state index is 12.4. The Labute approximate surface area is 375 Å². The van der Waals surface area contributed by atoms with Crippen molar-refractivity contribution >= 4 is 21.8 Å². The van der Waals surface area contributed by atoms with Crippen LogP contribution < -0.4 is 0 Å². The molecule has 63 heavy (non-hydrogen) atoms. The first-order chi connectivity index (χ1) is 30.8. The van der Waals surface area contributed by atoms with Gasteiger partial charge in [0.2, 0.25) is 0 Å². The molecule has 9 rings (SSSR count). The van der Waals surface area contributed by atoms with Crippen LogP contribution in [0.5, 0.6) is 5.75 Å². The molecule has 0 atom stereocenters. The lowest BCUT2D eigenvalue weighted by atomic mass is 9.79. The lowest BCUT2D eigenvalue weighted by molar-refractivity contribution is 0.446. The van der Waals surface area contributed by atoms with E-state index in [9.17, 15) is 5.11 Å². The number of hydrogen-bond donors (Lipinski definition) is 1. The summed E-state index contributed by atoms with van der Waals surface area (Å²) < 4.78 is 20.0. The molecule has 7 aromatic carbocycles. The Hall–Kier alpha value is -6.78. The van der Waals surface area contributed by atoms with Crippen LogP contribution >= 0.6 is 0 Å². The van der Waals surface area contributed by atoms with Gasteiger partial charge >= 0.3 is 0 Å². The van der Waals surface area contributed by atoms with Gasteiger partial charge in [0.05, 0.1) is 28.0 Å². The third kappa shape index (κ3) is 8.19. The van der Waals surface area contributed by atoms with Gasteiger partial charge in [-0.05, 0) is 109 Å². The lowest BCUT2D eigenvalue weighted by Crippen LogP contribution is -2.17. The summed E-state index contributed by atoms with van der Waals surface area (Å²) in [4.78, 5) is 10.5. The van der Waals surface area contributed by atoms with Crippen LogP contribution in [0.15, 0.2) is 164 Å². The van der Waals surface area contributed by atoms with E-state index in [4.69, 9.17) is 12.7 Å². The van der Waals surface area contributed by atoms with Crippen molar-refractivity contribution in [3.8, 4) is 56.3 Å². The maximum absolute atomic E-state index is 12.4. The molecule has 2 heterocycles. The largest absolute Gasteiger partial charge is 0.507 e. The number of hydrogen-bond acceptors (Lipinski definition) is 3. The number of fused-ring (bicyclic) bond motifs is 2. The zero-order valence-electron chi connectivity index (χ0n) is 39.9. The topological polar surface area (TPSA) is 50.9 Å². The smallest absolute Gasteiger partial charge is 0.149 e. The molecule has 0 aliphatic rings. The van der Waals surface area contributed by atoms with E-state index in [1.54, 1.807) is 0 Å². The molecule has 0 radical (unpaired) electrons. The molecule has 0 unspecified atom stereocenters. The standard InChI is InChI=1S/C59H57N3O/c1-57(2,3)45-33-43(32-44(34-45)51-35-42(29-30-60-51)40-27-25-39(26-28-40)31-38-17-11-10-12-18-38)48-22-16-24-53-54(48)61-56(62(53)52-23-15-20-41-19-13-14-21-47(41)52)49-36-46(58(4,5)6)37-50(55(49)63)59(7,8)9/h10-30,32-37,63H,31H2,1-9H3/i31D2. The van der Waals surface area contributed by atoms with Crippen LogP contribution in [0, 0.1) is 0 Å². The Balaban J connectivity index is 1.24. The first-order valence-electron chi connectivity index (χ1n) is 23.0. The fraction of sp³-hybridized carbons (Fsp3) is 0.220. The Kier molecular flexibility index (Phi) is 9.83. The van der Waals surface area contributed by atoms with Crippen LogP contribution in [0.3, 0.4) is 0 Å². The first kappa shape index (κ1) is 39.1. The second kappa shape index (κ2) is 15.8. The molecule has 4 heteroatoms. The molecule has 314 valence electrons. The number of aromatic hydroxyl groups is 1. The highest BCUT2D eigenvalue weighted by Crippen LogP contribution is 2.45. The van der Waals surface area contributed by atoms with Crippen molar-refractivity contribution in [2.24, 2.45) is 0 Å². The third-order valence-corrected chi connectivity index (χ3v) is 12.2. The van der Waals surface area contributed by atoms with E-state index in [1.807, 2.05) is 66.9 Å². The summed E-state index contributed by atoms with van der Waals surface area (Å²) >= 11 is 0. The molecule has 0 spiro atoms. The van der Waals surface area contributed by atoms with Crippen LogP contribution in [0.4, 0.5) is 0 Å². The summed E-state index contributed by atoms with van der Waals surface area (Å²) in [5.41, 5.74) is 13.0. The maximum Gasteiger partial charge on any atom is 0.149 e. The normalized spacial score (nSPS) is 13.0. The van der Waals surface area contributed by atoms with E-state index >= 15 is 0 Å². The number of para-hydroxylation sites is 1. The fourth-order valence-electron chi connectivity index (χ4n) is 8.54. The highest BCUT2D eigenvalue weighted by molar-refractivity contribution is 6.00. The number of benzene rings is 7. The molecule has 2 aromatic heterocycles. The van der Waals surface area contributed by atoms with Crippen molar-refractivity contribution in [2.45, 2.75) is 84.9 Å². The van der Waals surface area contributed by atoms with Gasteiger partial charge in [-0.15, -0.1) is 0 Å². The van der Waals surface area contributed by atoms with Gasteiger partial charge in [0.1, 0.15) is 11.6 Å². The highest BCUT2D eigenvalue weighted by atomic mass is 16.3. The molecular weight excluding hydrogens is 767 g/mol. The zero-order valence-corrected chi connectivity index (χ0v) is 37.9. The minimum absolute atomic E-state index is 0.180. The van der Waals surface area contributed by atoms with Crippen molar-refractivity contribution in [2.75, 3.05) is 0 Å². The van der Waals surface area contributed by atoms with E-state index in [-0.39, 0.29) is 22.0 Å². The van der Waals surface area contributed by atoms with Crippen molar-refractivity contribution in [3.63, 3.8) is 0 Å². The Bertz CT molecular complexity index is 3230. The van der Waals surface area contributed by atoms with Crippen molar-refractivity contribution in [1.29, 1.82) is 0 Å². The summed E-state index contributed by atoms with van der Waals surface area (Å²) in [6, 6.07) is 53.5. The molecular formula is C59H57N3O. The van der Waals surface area contributed by atoms with Gasteiger partial charge in [-0.3, -0.25) is 9.55 Å². The summed E-state index contributed by atoms with van der Waals surface area (Å²) in [5, 5.41) is 14.6. The molecule has 0 saturated carbocycles. The quantitative estimate of drug-likeness (QED) is 0.174. The first-order valence-corrected chi connectivity index (χ1v) is 22.0. The number of pyridine rings is 1. The Morgan fingerprint density at radius 2 is 1.19 bits per heavy atom. The van der Waals surface area contributed by atoms with Gasteiger partial charge in [-0.25, -0.2) is 4.98 Å². The lowest BCUT2D eigenvalue weighted by Gasteiger charge is -2.27. The SMILES string of the molecule is [2H]C([2H])(c1ccccc1)c1ccc(-c2ccnc(-c3cc(-c4cccc5c4nc(-c4cc(C(C)(C)C)cc(C(C)(C)C)c4O)n5-c4cccc5ccccc45)cc(C(C)(C)C)c3)c2)cc1. The van der Waals surface area contributed by atoms with E-state index in [0.29, 0.717) is 22.5 Å². The minimum atomic E-state index is -1.62. The van der Waals surface area contributed by atoms with E-state index in [2.05, 4.69) is 164 Å². The summed E-state index contributed by atoms with van der Waals surface area (Å²) in [6.07, 6.45) is 0.238. The van der Waals surface area contributed by atoms with E-state index < -0.39 is 6.37 Å². The monoisotopic (exact) mass is 825 g/mol. The van der Waals surface area contributed by atoms with Gasteiger partial charge in [0.15, 0.2) is 0 Å². The van der Waals surface area contributed by atoms with Crippen LogP contribution in [0.1, 0.15) is 92.9 Å². The Morgan fingerprint density at radius 1 is 0.540 bits per heavy atom. The predicted molar refractivity (Wildman–Crippen MR) is 265 cm³/mol. The number of aromatic nitrogens is 3. The molecule has 0 fully saturated rings. The van der Waals surface area contributed by atoms with Crippen LogP contribution in [0.2, 0.25) is 0 Å². The number of phenols is 1. The van der Waals surface area contributed by atoms with Crippen LogP contribution in [-0.4, -0.2) is 19.6 Å². The summed E-state index contributed by atoms with van der Waals surface area (Å²) in [7, 11) is 0. The molecule has 0 aliphatic heterocycles. The van der Waals surface area contributed by atoms with Gasteiger partial charge < -0.3 is 5.11 Å². The number of phenolic OH excluding ortho intramolecular Hbond substituents is 1. The van der Waals surface area contributed by atoms with Gasteiger partial charge in [-0.2, -0.15) is 0 Å². The van der Waals surface area contributed by atoms with E-state index in [1.165, 1.54) is 5.56 Å². The summed E-state index contributed by atoms with van der Waals surface area (Å²) in [5.74, 6) is 0.929. The third-order valence-electron chi connectivity index (χ3n) is 12.2. The second-order valence-corrected chi connectivity index (χ2v) is 19.9. The molecule has 4 nitrogen and oxygen atoms in total. The minimum Gasteiger partial charge on any atom is -0.507 e. The molecule has 0 saturated heterocycles. The molecule has 1 N–H and O–H groups in total. The van der Waals surface area contributed by atoms with Crippen molar-refractivity contribution < 1.29 is 7.85 Å². The van der Waals surface area contributed by atoms with Gasteiger partial charge in [-0.1, -0.05) is 178 Å². The average Bonchev–Trinajstić information content (AvgIpc) is 3.67. The van der Waals surface area contributed by atoms with Crippen LogP contribution in [0.25, 0.3) is 72.4 Å². The number of nitrogens with zero attached hydrogens (tertiary/aromatic N) is 3. The fourth-order valence-corrected chi connectivity index (χ4v) is 8.54. The molecule has 9 aromatic rings. The van der Waals surface area contributed by atoms with Crippen molar-refractivity contribution in [1.82, 2.24) is 14.5 Å². The number of rotatable bonds is 7. The number of imidazole rings is 1. The second-order valence-electron chi connectivity index (χ2n) is 19.9. The zero-order chi connectivity index (χ0) is 46.1. The van der Waals surface area contributed by atoms with Gasteiger partial charge in [0.25, 0.3) is 0 Å². The van der Waals surface area contributed by atoms with E-state index in [0.717, 1.165) is 72.1 Å². The average molecular weight is 826 g/mol. The highest BCUT2D eigenvalue weighted by Gasteiger charge is 2.29. The summed E-state index contributed by atoms with van der Waals surface area (Å²) in [6.45, 7) is 19.8. The van der Waals surface area contributed by atoms with Crippen LogP contribution in [-0.2, 0) is 22.6 Å². The molecule has 0 amide bonds. The molecule has 0 bridgehead atoms. The van der Waals surface area contributed by atoms with Gasteiger partial charge in [0, 0.05) is 31.0 Å². The van der Waals surface area contributed by atoms with Crippen molar-refractivity contribution in [3.05, 3.63) is 192 Å².